The fourth-order valence-electron chi connectivity index (χ4n) is 4.25. The molecule has 0 radical (unpaired) electrons. The molecule has 1 heterocycles. The molecule has 1 fully saturated rings. The molecular formula is C26H29N2O+. The second-order valence-electron chi connectivity index (χ2n) is 7.93. The van der Waals surface area contributed by atoms with Crippen LogP contribution in [0.5, 0.6) is 0 Å². The lowest BCUT2D eigenvalue weighted by molar-refractivity contribution is -0.917. The van der Waals surface area contributed by atoms with Crippen molar-refractivity contribution >= 4 is 5.91 Å². The highest BCUT2D eigenvalue weighted by molar-refractivity contribution is 5.87. The minimum absolute atomic E-state index is 0.220. The van der Waals surface area contributed by atoms with E-state index >= 15 is 0 Å². The maximum Gasteiger partial charge on any atom is 0.234 e. The van der Waals surface area contributed by atoms with E-state index in [9.17, 15) is 4.79 Å². The quantitative estimate of drug-likeness (QED) is 0.717. The Morgan fingerprint density at radius 1 is 0.828 bits per heavy atom. The molecule has 29 heavy (non-hydrogen) atoms. The number of carbonyl (C=O) groups excluding carboxylic acids is 1. The first kappa shape index (κ1) is 19.4. The Morgan fingerprint density at radius 2 is 1.34 bits per heavy atom. The number of hydrogen-bond acceptors (Lipinski definition) is 1. The fraction of sp³-hybridized carbons (Fsp3) is 0.269. The van der Waals surface area contributed by atoms with Crippen molar-refractivity contribution < 1.29 is 9.69 Å². The summed E-state index contributed by atoms with van der Waals surface area (Å²) in [6, 6.07) is 28.9. The first-order chi connectivity index (χ1) is 14.2. The zero-order valence-corrected chi connectivity index (χ0v) is 17.1. The van der Waals surface area contributed by atoms with E-state index in [1.54, 1.807) is 4.90 Å². The second-order valence-corrected chi connectivity index (χ2v) is 7.93. The lowest BCUT2D eigenvalue weighted by atomic mass is 9.90. The summed E-state index contributed by atoms with van der Waals surface area (Å²) in [6.07, 6.45) is 0. The molecule has 3 heteroatoms. The van der Waals surface area contributed by atoms with Gasteiger partial charge in [-0.2, -0.15) is 0 Å². The average Bonchev–Trinajstić information content (AvgIpc) is 2.77. The highest BCUT2D eigenvalue weighted by atomic mass is 16.2. The molecule has 0 aliphatic carbocycles. The summed E-state index contributed by atoms with van der Waals surface area (Å²) in [7, 11) is 0. The second kappa shape index (κ2) is 9.06. The van der Waals surface area contributed by atoms with E-state index < -0.39 is 0 Å². The van der Waals surface area contributed by atoms with Gasteiger partial charge >= 0.3 is 0 Å². The van der Waals surface area contributed by atoms with Crippen LogP contribution < -0.4 is 4.90 Å². The SMILES string of the molecule is Cc1ccccc1C[NH+]1CCN(C(=O)C(c2ccccc2)c2ccccc2)CC1. The lowest BCUT2D eigenvalue weighted by Crippen LogP contribution is -3.13. The number of aryl methyl sites for hydroxylation is 1. The molecule has 1 saturated heterocycles. The van der Waals surface area contributed by atoms with Crippen LogP contribution in [0.3, 0.4) is 0 Å². The average molecular weight is 386 g/mol. The smallest absolute Gasteiger partial charge is 0.234 e. The Kier molecular flexibility index (Phi) is 6.06. The van der Waals surface area contributed by atoms with Gasteiger partial charge in [-0.25, -0.2) is 0 Å². The van der Waals surface area contributed by atoms with E-state index in [1.807, 2.05) is 36.4 Å². The van der Waals surface area contributed by atoms with Crippen molar-refractivity contribution in [3.63, 3.8) is 0 Å². The third kappa shape index (κ3) is 4.57. The van der Waals surface area contributed by atoms with Crippen LogP contribution in [0.2, 0.25) is 0 Å². The van der Waals surface area contributed by atoms with E-state index in [2.05, 4.69) is 60.4 Å². The normalized spacial score (nSPS) is 14.9. The summed E-state index contributed by atoms with van der Waals surface area (Å²) in [5.74, 6) is -0.00680. The van der Waals surface area contributed by atoms with Crippen LogP contribution in [0, 0.1) is 6.92 Å². The van der Waals surface area contributed by atoms with Gasteiger partial charge in [0.05, 0.1) is 32.1 Å². The van der Waals surface area contributed by atoms with Crippen LogP contribution in [0.25, 0.3) is 0 Å². The Morgan fingerprint density at radius 3 is 1.90 bits per heavy atom. The number of amides is 1. The number of hydrogen-bond donors (Lipinski definition) is 1. The first-order valence-corrected chi connectivity index (χ1v) is 10.5. The first-order valence-electron chi connectivity index (χ1n) is 10.5. The highest BCUT2D eigenvalue weighted by Crippen LogP contribution is 2.26. The molecule has 1 aliphatic heterocycles. The molecule has 1 N–H and O–H groups in total. The van der Waals surface area contributed by atoms with Crippen molar-refractivity contribution in [2.45, 2.75) is 19.4 Å². The maximum atomic E-state index is 13.5. The summed E-state index contributed by atoms with van der Waals surface area (Å²) in [5, 5.41) is 0. The van der Waals surface area contributed by atoms with Crippen LogP contribution >= 0.6 is 0 Å². The Balaban J connectivity index is 1.46. The Bertz CT molecular complexity index is 892. The Hall–Kier alpha value is -2.91. The van der Waals surface area contributed by atoms with Gasteiger partial charge in [0.2, 0.25) is 5.91 Å². The number of nitrogens with zero attached hydrogens (tertiary/aromatic N) is 1. The third-order valence-electron chi connectivity index (χ3n) is 6.00. The van der Waals surface area contributed by atoms with E-state index in [0.717, 1.165) is 43.9 Å². The van der Waals surface area contributed by atoms with Crippen molar-refractivity contribution in [1.29, 1.82) is 0 Å². The van der Waals surface area contributed by atoms with E-state index in [0.29, 0.717) is 0 Å². The number of piperazine rings is 1. The van der Waals surface area contributed by atoms with Crippen molar-refractivity contribution in [2.24, 2.45) is 0 Å². The van der Waals surface area contributed by atoms with Crippen LogP contribution in [-0.2, 0) is 11.3 Å². The summed E-state index contributed by atoms with van der Waals surface area (Å²) in [4.78, 5) is 17.2. The van der Waals surface area contributed by atoms with Gasteiger partial charge in [0, 0.05) is 5.56 Å². The molecule has 0 aromatic heterocycles. The zero-order chi connectivity index (χ0) is 20.1. The van der Waals surface area contributed by atoms with Crippen molar-refractivity contribution in [2.75, 3.05) is 26.2 Å². The molecule has 148 valence electrons. The lowest BCUT2D eigenvalue weighted by Gasteiger charge is -2.34. The van der Waals surface area contributed by atoms with Crippen molar-refractivity contribution in [3.8, 4) is 0 Å². The molecule has 1 amide bonds. The summed E-state index contributed by atoms with van der Waals surface area (Å²) < 4.78 is 0. The molecule has 3 aromatic rings. The van der Waals surface area contributed by atoms with Gasteiger partial charge in [-0.15, -0.1) is 0 Å². The van der Waals surface area contributed by atoms with E-state index in [1.165, 1.54) is 11.1 Å². The van der Waals surface area contributed by atoms with Crippen LogP contribution in [0.4, 0.5) is 0 Å². The van der Waals surface area contributed by atoms with Crippen molar-refractivity contribution in [1.82, 2.24) is 4.90 Å². The number of benzene rings is 3. The van der Waals surface area contributed by atoms with Gasteiger partial charge in [0.1, 0.15) is 6.54 Å². The van der Waals surface area contributed by atoms with Gasteiger partial charge in [0.15, 0.2) is 0 Å². The Labute approximate surface area is 173 Å². The summed E-state index contributed by atoms with van der Waals surface area (Å²) in [6.45, 7) is 6.84. The molecule has 0 spiro atoms. The largest absolute Gasteiger partial charge is 0.331 e. The molecule has 0 unspecified atom stereocenters. The number of nitrogens with one attached hydrogen (secondary N) is 1. The molecule has 0 atom stereocenters. The molecule has 3 nitrogen and oxygen atoms in total. The van der Waals surface area contributed by atoms with Crippen LogP contribution in [0.15, 0.2) is 84.9 Å². The maximum absolute atomic E-state index is 13.5. The number of quaternary nitrogens is 1. The third-order valence-corrected chi connectivity index (χ3v) is 6.00. The van der Waals surface area contributed by atoms with Gasteiger partial charge in [-0.05, 0) is 23.6 Å². The van der Waals surface area contributed by atoms with Crippen LogP contribution in [0.1, 0.15) is 28.2 Å². The molecule has 1 aliphatic rings. The molecular weight excluding hydrogens is 356 g/mol. The monoisotopic (exact) mass is 385 g/mol. The van der Waals surface area contributed by atoms with Crippen LogP contribution in [-0.4, -0.2) is 37.0 Å². The minimum Gasteiger partial charge on any atom is -0.331 e. The standard InChI is InChI=1S/C26H28N2O/c1-21-10-8-9-15-24(21)20-27-16-18-28(19-17-27)26(29)25(22-11-4-2-5-12-22)23-13-6-3-7-14-23/h2-15,25H,16-20H2,1H3/p+1. The highest BCUT2D eigenvalue weighted by Gasteiger charge is 2.31. The molecule has 3 aromatic carbocycles. The summed E-state index contributed by atoms with van der Waals surface area (Å²) in [5.41, 5.74) is 4.90. The topological polar surface area (TPSA) is 24.8 Å². The molecule has 0 bridgehead atoms. The van der Waals surface area contributed by atoms with Gasteiger partial charge in [-0.3, -0.25) is 4.79 Å². The van der Waals surface area contributed by atoms with Gasteiger partial charge in [-0.1, -0.05) is 84.9 Å². The number of carbonyl (C=O) groups is 1. The predicted molar refractivity (Wildman–Crippen MR) is 117 cm³/mol. The van der Waals surface area contributed by atoms with Gasteiger partial charge < -0.3 is 9.80 Å². The summed E-state index contributed by atoms with van der Waals surface area (Å²) >= 11 is 0. The van der Waals surface area contributed by atoms with E-state index in [4.69, 9.17) is 0 Å². The fourth-order valence-corrected chi connectivity index (χ4v) is 4.25. The molecule has 0 saturated carbocycles. The predicted octanol–water partition coefficient (Wildman–Crippen LogP) is 3.05. The minimum atomic E-state index is -0.227. The number of rotatable bonds is 5. The zero-order valence-electron chi connectivity index (χ0n) is 17.1. The van der Waals surface area contributed by atoms with Crippen molar-refractivity contribution in [3.05, 3.63) is 107 Å². The van der Waals surface area contributed by atoms with E-state index in [-0.39, 0.29) is 11.8 Å². The van der Waals surface area contributed by atoms with Gasteiger partial charge in [0.25, 0.3) is 0 Å². The molecule has 4 rings (SSSR count).